The molecule has 6 nitrogen and oxygen atoms in total. The van der Waals surface area contributed by atoms with E-state index in [2.05, 4.69) is 30.2 Å². The zero-order valence-corrected chi connectivity index (χ0v) is 12.5. The smallest absolute Gasteiger partial charge is 0.302 e. The van der Waals surface area contributed by atoms with Gasteiger partial charge in [0.1, 0.15) is 11.6 Å². The molecule has 1 aromatic carbocycles. The first-order valence-corrected chi connectivity index (χ1v) is 7.15. The molecule has 0 unspecified atom stereocenters. The lowest BCUT2D eigenvalue weighted by atomic mass is 10.1. The zero-order chi connectivity index (χ0) is 15.0. The quantitative estimate of drug-likeness (QED) is 0.794. The summed E-state index contributed by atoms with van der Waals surface area (Å²) in [5.41, 5.74) is 4.27. The summed E-state index contributed by atoms with van der Waals surface area (Å²) in [4.78, 5) is 11.0. The normalized spacial score (nSPS) is 22.4. The van der Waals surface area contributed by atoms with E-state index in [0.717, 1.165) is 23.9 Å². The van der Waals surface area contributed by atoms with Crippen molar-refractivity contribution >= 4 is 17.0 Å². The number of hydrogen-bond acceptors (Lipinski definition) is 5. The van der Waals surface area contributed by atoms with Gasteiger partial charge in [0, 0.05) is 6.92 Å². The molecule has 1 saturated heterocycles. The maximum Gasteiger partial charge on any atom is 0.302 e. The van der Waals surface area contributed by atoms with Crippen molar-refractivity contribution in [3.8, 4) is 0 Å². The number of esters is 1. The molecule has 2 atom stereocenters. The first-order valence-electron chi connectivity index (χ1n) is 7.15. The summed E-state index contributed by atoms with van der Waals surface area (Å²) in [5, 5.41) is 8.43. The van der Waals surface area contributed by atoms with Crippen LogP contribution in [-0.2, 0) is 14.3 Å². The molecule has 0 aliphatic carbocycles. The van der Waals surface area contributed by atoms with Crippen molar-refractivity contribution in [2.24, 2.45) is 0 Å². The molecule has 0 saturated carbocycles. The van der Waals surface area contributed by atoms with E-state index < -0.39 is 0 Å². The van der Waals surface area contributed by atoms with Gasteiger partial charge in [-0.2, -0.15) is 0 Å². The van der Waals surface area contributed by atoms with Crippen LogP contribution in [0.25, 0.3) is 11.0 Å². The Hall–Kier alpha value is -1.95. The van der Waals surface area contributed by atoms with Crippen LogP contribution in [0.4, 0.5) is 0 Å². The number of aryl methyl sites for hydroxylation is 2. The molecule has 2 heterocycles. The van der Waals surface area contributed by atoms with Gasteiger partial charge in [-0.3, -0.25) is 4.79 Å². The van der Waals surface area contributed by atoms with Gasteiger partial charge >= 0.3 is 5.97 Å². The Labute approximate surface area is 123 Å². The summed E-state index contributed by atoms with van der Waals surface area (Å²) >= 11 is 0. The van der Waals surface area contributed by atoms with Crippen LogP contribution >= 0.6 is 0 Å². The van der Waals surface area contributed by atoms with E-state index in [0.29, 0.717) is 6.61 Å². The minimum atomic E-state index is -0.264. The van der Waals surface area contributed by atoms with Gasteiger partial charge in [0.15, 0.2) is 6.23 Å². The Morgan fingerprint density at radius 2 is 2.10 bits per heavy atom. The monoisotopic (exact) mass is 289 g/mol. The van der Waals surface area contributed by atoms with E-state index >= 15 is 0 Å². The van der Waals surface area contributed by atoms with Crippen molar-refractivity contribution < 1.29 is 14.3 Å². The molecule has 0 bridgehead atoms. The average Bonchev–Trinajstić information content (AvgIpc) is 2.82. The number of carbonyl (C=O) groups excluding carboxylic acids is 1. The molecule has 1 aliphatic heterocycles. The van der Waals surface area contributed by atoms with Crippen LogP contribution in [0.15, 0.2) is 12.1 Å². The van der Waals surface area contributed by atoms with Gasteiger partial charge in [0.25, 0.3) is 0 Å². The highest BCUT2D eigenvalue weighted by atomic mass is 16.6. The van der Waals surface area contributed by atoms with Gasteiger partial charge in [0.2, 0.25) is 0 Å². The Balaban J connectivity index is 1.79. The fourth-order valence-electron chi connectivity index (χ4n) is 2.64. The lowest BCUT2D eigenvalue weighted by Crippen LogP contribution is -2.31. The second kappa shape index (κ2) is 5.44. The van der Waals surface area contributed by atoms with E-state index in [9.17, 15) is 4.79 Å². The van der Waals surface area contributed by atoms with E-state index in [1.54, 1.807) is 0 Å². The van der Waals surface area contributed by atoms with Crippen molar-refractivity contribution in [3.63, 3.8) is 0 Å². The van der Waals surface area contributed by atoms with E-state index in [4.69, 9.17) is 9.47 Å². The molecule has 1 fully saturated rings. The number of carbonyl (C=O) groups is 1. The molecule has 0 spiro atoms. The number of fused-ring (bicyclic) bond motifs is 1. The van der Waals surface area contributed by atoms with Crippen LogP contribution in [0, 0.1) is 13.8 Å². The second-order valence-corrected chi connectivity index (χ2v) is 5.56. The SMILES string of the molecule is CC(=O)O[C@H]1CC[C@@H](n2nnc3cc(C)c(C)cc32)OC1. The molecule has 6 heteroatoms. The topological polar surface area (TPSA) is 66.2 Å². The standard InChI is InChI=1S/C15H19N3O3/c1-9-6-13-14(7-10(9)2)18(17-16-13)15-5-4-12(8-20-15)21-11(3)19/h6-7,12,15H,4-5,8H2,1-3H3/t12-,15-/m0/s1. The third-order valence-corrected chi connectivity index (χ3v) is 3.90. The predicted molar refractivity (Wildman–Crippen MR) is 76.8 cm³/mol. The third kappa shape index (κ3) is 2.76. The average molecular weight is 289 g/mol. The summed E-state index contributed by atoms with van der Waals surface area (Å²) in [6.07, 6.45) is 1.22. The summed E-state index contributed by atoms with van der Waals surface area (Å²) in [6.45, 7) is 5.96. The van der Waals surface area contributed by atoms with Crippen LogP contribution in [0.3, 0.4) is 0 Å². The Kier molecular flexibility index (Phi) is 3.63. The summed E-state index contributed by atoms with van der Waals surface area (Å²) in [6, 6.07) is 4.13. The number of hydrogen-bond donors (Lipinski definition) is 0. The number of nitrogens with zero attached hydrogens (tertiary/aromatic N) is 3. The molecule has 0 radical (unpaired) electrons. The van der Waals surface area contributed by atoms with Crippen molar-refractivity contribution in [2.75, 3.05) is 6.61 Å². The number of aromatic nitrogens is 3. The van der Waals surface area contributed by atoms with Crippen molar-refractivity contribution in [3.05, 3.63) is 23.3 Å². The fourth-order valence-corrected chi connectivity index (χ4v) is 2.64. The van der Waals surface area contributed by atoms with Gasteiger partial charge in [-0.1, -0.05) is 5.21 Å². The Morgan fingerprint density at radius 3 is 2.76 bits per heavy atom. The molecule has 0 N–H and O–H groups in total. The largest absolute Gasteiger partial charge is 0.460 e. The molecular weight excluding hydrogens is 270 g/mol. The molecule has 2 aromatic rings. The molecule has 1 aliphatic rings. The molecule has 21 heavy (non-hydrogen) atoms. The van der Waals surface area contributed by atoms with Gasteiger partial charge in [-0.15, -0.1) is 5.10 Å². The highest BCUT2D eigenvalue weighted by molar-refractivity contribution is 5.76. The Bertz CT molecular complexity index is 672. The van der Waals surface area contributed by atoms with Gasteiger partial charge in [-0.25, -0.2) is 4.68 Å². The number of rotatable bonds is 2. The third-order valence-electron chi connectivity index (χ3n) is 3.90. The van der Waals surface area contributed by atoms with E-state index in [1.165, 1.54) is 18.1 Å². The van der Waals surface area contributed by atoms with Crippen molar-refractivity contribution in [2.45, 2.75) is 45.9 Å². The molecule has 0 amide bonds. The molecular formula is C15H19N3O3. The van der Waals surface area contributed by atoms with E-state index in [1.807, 2.05) is 10.7 Å². The van der Waals surface area contributed by atoms with Crippen molar-refractivity contribution in [1.29, 1.82) is 0 Å². The highest BCUT2D eigenvalue weighted by Crippen LogP contribution is 2.27. The molecule has 1 aromatic heterocycles. The van der Waals surface area contributed by atoms with E-state index in [-0.39, 0.29) is 18.3 Å². The first kappa shape index (κ1) is 14.0. The first-order chi connectivity index (χ1) is 10.0. The fraction of sp³-hybridized carbons (Fsp3) is 0.533. The second-order valence-electron chi connectivity index (χ2n) is 5.56. The summed E-state index contributed by atoms with van der Waals surface area (Å²) in [7, 11) is 0. The maximum atomic E-state index is 11.0. The summed E-state index contributed by atoms with van der Waals surface area (Å²) < 4.78 is 12.8. The number of ether oxygens (including phenoxy) is 2. The van der Waals surface area contributed by atoms with Crippen LogP contribution in [0.2, 0.25) is 0 Å². The lowest BCUT2D eigenvalue weighted by molar-refractivity contribution is -0.160. The van der Waals surface area contributed by atoms with Gasteiger partial charge in [0.05, 0.1) is 12.1 Å². The molecule has 112 valence electrons. The Morgan fingerprint density at radius 1 is 1.33 bits per heavy atom. The minimum absolute atomic E-state index is 0.149. The van der Waals surface area contributed by atoms with Gasteiger partial charge in [-0.05, 0) is 49.9 Å². The van der Waals surface area contributed by atoms with Crippen LogP contribution in [0.5, 0.6) is 0 Å². The highest BCUT2D eigenvalue weighted by Gasteiger charge is 2.26. The van der Waals surface area contributed by atoms with Crippen molar-refractivity contribution in [1.82, 2.24) is 15.0 Å². The number of benzene rings is 1. The minimum Gasteiger partial charge on any atom is -0.460 e. The molecule has 3 rings (SSSR count). The maximum absolute atomic E-state index is 11.0. The van der Waals surface area contributed by atoms with Crippen LogP contribution in [-0.4, -0.2) is 33.7 Å². The van der Waals surface area contributed by atoms with Crippen LogP contribution < -0.4 is 0 Å². The zero-order valence-electron chi connectivity index (χ0n) is 12.5. The lowest BCUT2D eigenvalue weighted by Gasteiger charge is -2.28. The van der Waals surface area contributed by atoms with Gasteiger partial charge < -0.3 is 9.47 Å². The summed E-state index contributed by atoms with van der Waals surface area (Å²) in [5.74, 6) is -0.264. The van der Waals surface area contributed by atoms with Crippen LogP contribution in [0.1, 0.15) is 37.1 Å². The predicted octanol–water partition coefficient (Wildman–Crippen LogP) is 2.29.